The van der Waals surface area contributed by atoms with Crippen LogP contribution >= 0.6 is 0 Å². The minimum atomic E-state index is 0.229. The van der Waals surface area contributed by atoms with Crippen LogP contribution in [0.4, 0.5) is 11.5 Å². The lowest BCUT2D eigenvalue weighted by molar-refractivity contribution is 0.481. The first-order valence-corrected chi connectivity index (χ1v) is 7.58. The van der Waals surface area contributed by atoms with E-state index in [1.807, 2.05) is 44.2 Å². The van der Waals surface area contributed by atoms with Crippen LogP contribution in [0.25, 0.3) is 21.8 Å². The van der Waals surface area contributed by atoms with Gasteiger partial charge < -0.3 is 5.11 Å². The summed E-state index contributed by atoms with van der Waals surface area (Å²) in [6, 6.07) is 12.9. The SMILES string of the molecule is Cc1cc(C)c2c(N=Nc3ccc(O)c4ccccc34)[nH]nc2n1. The fraction of sp³-hybridized carbons (Fsp3) is 0.111. The first kappa shape index (κ1) is 14.3. The summed E-state index contributed by atoms with van der Waals surface area (Å²) in [4.78, 5) is 4.40. The van der Waals surface area contributed by atoms with Gasteiger partial charge >= 0.3 is 0 Å². The summed E-state index contributed by atoms with van der Waals surface area (Å²) in [5, 5.41) is 28.2. The van der Waals surface area contributed by atoms with Crippen LogP contribution in [0.2, 0.25) is 0 Å². The Morgan fingerprint density at radius 3 is 2.62 bits per heavy atom. The molecule has 0 bridgehead atoms. The fourth-order valence-electron chi connectivity index (χ4n) is 2.88. The van der Waals surface area contributed by atoms with Crippen molar-refractivity contribution >= 4 is 33.3 Å². The monoisotopic (exact) mass is 317 g/mol. The number of hydrogen-bond acceptors (Lipinski definition) is 5. The highest BCUT2D eigenvalue weighted by Gasteiger charge is 2.10. The first-order chi connectivity index (χ1) is 11.6. The van der Waals surface area contributed by atoms with Crippen molar-refractivity contribution in [1.29, 1.82) is 0 Å². The Kier molecular flexibility index (Phi) is 3.23. The van der Waals surface area contributed by atoms with E-state index in [1.165, 1.54) is 0 Å². The third-order valence-electron chi connectivity index (χ3n) is 3.97. The number of fused-ring (bicyclic) bond motifs is 2. The van der Waals surface area contributed by atoms with Crippen LogP contribution in [0.3, 0.4) is 0 Å². The molecule has 0 amide bonds. The largest absolute Gasteiger partial charge is 0.507 e. The maximum atomic E-state index is 9.95. The van der Waals surface area contributed by atoms with Gasteiger partial charge in [0.15, 0.2) is 11.5 Å². The number of pyridine rings is 1. The molecule has 6 nitrogen and oxygen atoms in total. The molecule has 4 rings (SSSR count). The van der Waals surface area contributed by atoms with E-state index < -0.39 is 0 Å². The number of phenolic OH excluding ortho intramolecular Hbond substituents is 1. The van der Waals surface area contributed by atoms with Gasteiger partial charge in [0, 0.05) is 16.5 Å². The van der Waals surface area contributed by atoms with Gasteiger partial charge in [-0.1, -0.05) is 24.3 Å². The van der Waals surface area contributed by atoms with Crippen LogP contribution in [-0.2, 0) is 0 Å². The van der Waals surface area contributed by atoms with Crippen molar-refractivity contribution in [3.05, 3.63) is 53.7 Å². The van der Waals surface area contributed by atoms with Crippen molar-refractivity contribution in [2.45, 2.75) is 13.8 Å². The first-order valence-electron chi connectivity index (χ1n) is 7.58. The van der Waals surface area contributed by atoms with Crippen molar-refractivity contribution in [2.75, 3.05) is 0 Å². The molecule has 0 aliphatic rings. The molecule has 118 valence electrons. The number of aryl methyl sites for hydroxylation is 2. The molecule has 2 aromatic carbocycles. The van der Waals surface area contributed by atoms with Crippen LogP contribution in [0.1, 0.15) is 11.3 Å². The summed E-state index contributed by atoms with van der Waals surface area (Å²) < 4.78 is 0. The van der Waals surface area contributed by atoms with Crippen LogP contribution in [0.15, 0.2) is 52.7 Å². The third kappa shape index (κ3) is 2.28. The predicted octanol–water partition coefficient (Wildman–Crippen LogP) is 4.85. The summed E-state index contributed by atoms with van der Waals surface area (Å²) in [7, 11) is 0. The minimum Gasteiger partial charge on any atom is -0.507 e. The standard InChI is InChI=1S/C18H15N5O/c1-10-9-11(2)19-17-16(10)18(23-21-17)22-20-14-7-8-15(24)13-6-4-3-5-12(13)14/h3-9,24H,1-2H3,(H,19,21,23). The molecule has 0 radical (unpaired) electrons. The summed E-state index contributed by atoms with van der Waals surface area (Å²) >= 11 is 0. The van der Waals surface area contributed by atoms with Crippen molar-refractivity contribution in [2.24, 2.45) is 10.2 Å². The molecule has 0 saturated carbocycles. The lowest BCUT2D eigenvalue weighted by Gasteiger charge is -2.03. The Bertz CT molecular complexity index is 1100. The highest BCUT2D eigenvalue weighted by atomic mass is 16.3. The van der Waals surface area contributed by atoms with Gasteiger partial charge in [-0.3, -0.25) is 5.10 Å². The number of benzene rings is 2. The highest BCUT2D eigenvalue weighted by molar-refractivity contribution is 5.96. The topological polar surface area (TPSA) is 86.5 Å². The van der Waals surface area contributed by atoms with Gasteiger partial charge in [-0.2, -0.15) is 5.10 Å². The molecule has 2 heterocycles. The van der Waals surface area contributed by atoms with Gasteiger partial charge in [0.1, 0.15) is 5.75 Å². The molecule has 2 aromatic heterocycles. The summed E-state index contributed by atoms with van der Waals surface area (Å²) in [5.74, 6) is 0.805. The van der Waals surface area contributed by atoms with E-state index in [4.69, 9.17) is 0 Å². The summed E-state index contributed by atoms with van der Waals surface area (Å²) in [6.07, 6.45) is 0. The Hall–Kier alpha value is -3.28. The van der Waals surface area contributed by atoms with Gasteiger partial charge in [-0.15, -0.1) is 10.2 Å². The molecular weight excluding hydrogens is 302 g/mol. The molecule has 0 aliphatic carbocycles. The van der Waals surface area contributed by atoms with Crippen LogP contribution in [0, 0.1) is 13.8 Å². The molecule has 0 spiro atoms. The molecule has 24 heavy (non-hydrogen) atoms. The van der Waals surface area contributed by atoms with Gasteiger partial charge in [0.25, 0.3) is 0 Å². The fourth-order valence-corrected chi connectivity index (χ4v) is 2.88. The van der Waals surface area contributed by atoms with E-state index in [1.54, 1.807) is 12.1 Å². The van der Waals surface area contributed by atoms with Gasteiger partial charge in [0.05, 0.1) is 11.1 Å². The molecule has 6 heteroatoms. The Morgan fingerprint density at radius 1 is 1.00 bits per heavy atom. The third-order valence-corrected chi connectivity index (χ3v) is 3.97. The van der Waals surface area contributed by atoms with Gasteiger partial charge in [-0.05, 0) is 37.6 Å². The Labute approximate surface area is 137 Å². The maximum absolute atomic E-state index is 9.95. The smallest absolute Gasteiger partial charge is 0.183 e. The highest BCUT2D eigenvalue weighted by Crippen LogP contribution is 2.34. The summed E-state index contributed by atoms with van der Waals surface area (Å²) in [6.45, 7) is 3.94. The van der Waals surface area contributed by atoms with E-state index in [0.29, 0.717) is 17.2 Å². The van der Waals surface area contributed by atoms with Crippen molar-refractivity contribution in [3.63, 3.8) is 0 Å². The molecule has 4 aromatic rings. The number of aromatic hydroxyl groups is 1. The molecule has 2 N–H and O–H groups in total. The molecule has 0 unspecified atom stereocenters. The van der Waals surface area contributed by atoms with E-state index >= 15 is 0 Å². The normalized spacial score (nSPS) is 11.8. The van der Waals surface area contributed by atoms with Gasteiger partial charge in [-0.25, -0.2) is 4.98 Å². The van der Waals surface area contributed by atoms with Crippen molar-refractivity contribution in [3.8, 4) is 5.75 Å². The number of nitrogens with one attached hydrogen (secondary N) is 1. The number of azo groups is 1. The molecule has 0 atom stereocenters. The van der Waals surface area contributed by atoms with Gasteiger partial charge in [0.2, 0.25) is 0 Å². The number of rotatable bonds is 2. The second kappa shape index (κ2) is 5.42. The number of aromatic nitrogens is 3. The zero-order valence-electron chi connectivity index (χ0n) is 13.3. The second-order valence-corrected chi connectivity index (χ2v) is 5.70. The predicted molar refractivity (Wildman–Crippen MR) is 93.2 cm³/mol. The number of H-pyrrole nitrogens is 1. The van der Waals surface area contributed by atoms with Crippen molar-refractivity contribution in [1.82, 2.24) is 15.2 Å². The minimum absolute atomic E-state index is 0.229. The maximum Gasteiger partial charge on any atom is 0.183 e. The zero-order valence-corrected chi connectivity index (χ0v) is 13.3. The van der Waals surface area contributed by atoms with E-state index in [9.17, 15) is 5.11 Å². The number of hydrogen-bond donors (Lipinski definition) is 2. The Balaban J connectivity index is 1.83. The Morgan fingerprint density at radius 2 is 1.79 bits per heavy atom. The van der Waals surface area contributed by atoms with Crippen LogP contribution in [-0.4, -0.2) is 20.3 Å². The van der Waals surface area contributed by atoms with E-state index in [2.05, 4.69) is 25.4 Å². The average molecular weight is 317 g/mol. The lowest BCUT2D eigenvalue weighted by Crippen LogP contribution is -1.84. The molecule has 0 fully saturated rings. The quantitative estimate of drug-likeness (QED) is 0.518. The number of aromatic amines is 1. The van der Waals surface area contributed by atoms with E-state index in [0.717, 1.165) is 27.4 Å². The van der Waals surface area contributed by atoms with Crippen LogP contribution in [0.5, 0.6) is 5.75 Å². The molecular formula is C18H15N5O. The number of nitrogens with zero attached hydrogens (tertiary/aromatic N) is 4. The zero-order chi connectivity index (χ0) is 16.7. The average Bonchev–Trinajstić information content (AvgIpc) is 2.98. The second-order valence-electron chi connectivity index (χ2n) is 5.70. The molecule has 0 aliphatic heterocycles. The van der Waals surface area contributed by atoms with Crippen molar-refractivity contribution < 1.29 is 5.11 Å². The van der Waals surface area contributed by atoms with E-state index in [-0.39, 0.29) is 5.75 Å². The summed E-state index contributed by atoms with van der Waals surface area (Å²) in [5.41, 5.74) is 3.29. The lowest BCUT2D eigenvalue weighted by atomic mass is 10.1. The van der Waals surface area contributed by atoms with Crippen LogP contribution < -0.4 is 0 Å². The number of phenols is 1. The molecule has 0 saturated heterocycles.